The average molecular weight is 392 g/mol. The van der Waals surface area contributed by atoms with E-state index in [4.69, 9.17) is 10.5 Å². The van der Waals surface area contributed by atoms with Crippen LogP contribution in [0, 0.1) is 0 Å². The van der Waals surface area contributed by atoms with Crippen molar-refractivity contribution in [1.29, 1.82) is 0 Å². The van der Waals surface area contributed by atoms with E-state index in [1.54, 1.807) is 24.3 Å². The van der Waals surface area contributed by atoms with Gasteiger partial charge in [0.2, 0.25) is 15.9 Å². The number of hydrogen-bond donors (Lipinski definition) is 2. The Morgan fingerprint density at radius 2 is 1.96 bits per heavy atom. The maximum absolute atomic E-state index is 12.6. The first kappa shape index (κ1) is 19.5. The van der Waals surface area contributed by atoms with Crippen LogP contribution in [0.3, 0.4) is 0 Å². The van der Waals surface area contributed by atoms with Crippen LogP contribution in [-0.2, 0) is 14.8 Å². The van der Waals surface area contributed by atoms with Crippen molar-refractivity contribution in [2.24, 2.45) is 5.73 Å². The van der Waals surface area contributed by atoms with Gasteiger partial charge in [0.15, 0.2) is 0 Å². The molecule has 0 bridgehead atoms. The van der Waals surface area contributed by atoms with Gasteiger partial charge in [0, 0.05) is 25.0 Å². The molecule has 2 heterocycles. The number of sulfonamides is 1. The standard InChI is InChI=1S/C18H24N4O4S/c1-12-10-22(11-13(2)26-12)27(24,25)8-7-20-17-9-15(18(19)23)14-5-3-4-6-16(14)21-17/h3-6,9,12-13H,7-8,10-11H2,1-2H3,(H2,19,23)(H,20,21). The van der Waals surface area contributed by atoms with Crippen LogP contribution in [-0.4, -0.2) is 61.2 Å². The number of fused-ring (bicyclic) bond motifs is 1. The first-order valence-corrected chi connectivity index (χ1v) is 10.4. The van der Waals surface area contributed by atoms with Crippen LogP contribution in [0.15, 0.2) is 30.3 Å². The van der Waals surface area contributed by atoms with Crippen LogP contribution in [0.5, 0.6) is 0 Å². The molecule has 3 rings (SSSR count). The molecule has 2 unspecified atom stereocenters. The molecule has 1 aliphatic heterocycles. The maximum atomic E-state index is 12.6. The van der Waals surface area contributed by atoms with E-state index in [2.05, 4.69) is 10.3 Å². The highest BCUT2D eigenvalue weighted by atomic mass is 32.2. The smallest absolute Gasteiger partial charge is 0.249 e. The molecule has 1 saturated heterocycles. The van der Waals surface area contributed by atoms with E-state index < -0.39 is 15.9 Å². The Balaban J connectivity index is 1.71. The fourth-order valence-corrected chi connectivity index (χ4v) is 4.76. The van der Waals surface area contributed by atoms with Crippen molar-refractivity contribution in [3.63, 3.8) is 0 Å². The Bertz CT molecular complexity index is 938. The molecule has 2 atom stereocenters. The number of hydrogen-bond acceptors (Lipinski definition) is 6. The number of carbonyl (C=O) groups is 1. The largest absolute Gasteiger partial charge is 0.373 e. The highest BCUT2D eigenvalue weighted by Crippen LogP contribution is 2.20. The highest BCUT2D eigenvalue weighted by molar-refractivity contribution is 7.89. The number of morpholine rings is 1. The summed E-state index contributed by atoms with van der Waals surface area (Å²) in [5.74, 6) is -0.214. The van der Waals surface area contributed by atoms with Crippen molar-refractivity contribution in [2.45, 2.75) is 26.1 Å². The second kappa shape index (κ2) is 7.79. The van der Waals surface area contributed by atoms with E-state index in [0.29, 0.717) is 35.4 Å². The zero-order valence-electron chi connectivity index (χ0n) is 15.4. The predicted molar refractivity (Wildman–Crippen MR) is 104 cm³/mol. The van der Waals surface area contributed by atoms with Crippen LogP contribution in [0.2, 0.25) is 0 Å². The molecular weight excluding hydrogens is 368 g/mol. The molecule has 8 nitrogen and oxygen atoms in total. The van der Waals surface area contributed by atoms with Gasteiger partial charge < -0.3 is 15.8 Å². The van der Waals surface area contributed by atoms with Crippen molar-refractivity contribution < 1.29 is 17.9 Å². The fraction of sp³-hybridized carbons (Fsp3) is 0.444. The highest BCUT2D eigenvalue weighted by Gasteiger charge is 2.30. The maximum Gasteiger partial charge on any atom is 0.249 e. The number of anilines is 1. The second-order valence-corrected chi connectivity index (χ2v) is 8.84. The Morgan fingerprint density at radius 1 is 1.30 bits per heavy atom. The number of para-hydroxylation sites is 1. The number of nitrogens with two attached hydrogens (primary N) is 1. The average Bonchev–Trinajstić information content (AvgIpc) is 2.60. The number of amides is 1. The number of nitrogens with one attached hydrogen (secondary N) is 1. The summed E-state index contributed by atoms with van der Waals surface area (Å²) in [5, 5.41) is 3.66. The molecule has 1 aromatic heterocycles. The van der Waals surface area contributed by atoms with Crippen LogP contribution in [0.4, 0.5) is 5.82 Å². The van der Waals surface area contributed by atoms with Crippen molar-refractivity contribution in [3.05, 3.63) is 35.9 Å². The van der Waals surface area contributed by atoms with E-state index in [1.165, 1.54) is 4.31 Å². The normalized spacial score (nSPS) is 21.3. The molecule has 0 radical (unpaired) electrons. The molecule has 9 heteroatoms. The van der Waals surface area contributed by atoms with Crippen molar-refractivity contribution in [2.75, 3.05) is 30.7 Å². The van der Waals surface area contributed by atoms with Gasteiger partial charge in [0.1, 0.15) is 5.82 Å². The third-order valence-electron chi connectivity index (χ3n) is 4.43. The Kier molecular flexibility index (Phi) is 5.64. The summed E-state index contributed by atoms with van der Waals surface area (Å²) in [6, 6.07) is 8.73. The number of pyridine rings is 1. The summed E-state index contributed by atoms with van der Waals surface area (Å²) in [6.45, 7) is 4.60. The summed E-state index contributed by atoms with van der Waals surface area (Å²) in [5.41, 5.74) is 6.43. The monoisotopic (exact) mass is 392 g/mol. The van der Waals surface area contributed by atoms with Crippen LogP contribution >= 0.6 is 0 Å². The van der Waals surface area contributed by atoms with Crippen molar-refractivity contribution in [1.82, 2.24) is 9.29 Å². The van der Waals surface area contributed by atoms with Crippen molar-refractivity contribution >= 4 is 32.7 Å². The van der Waals surface area contributed by atoms with Gasteiger partial charge in [-0.3, -0.25) is 4.79 Å². The lowest BCUT2D eigenvalue weighted by atomic mass is 10.1. The van der Waals surface area contributed by atoms with E-state index in [-0.39, 0.29) is 24.5 Å². The van der Waals surface area contributed by atoms with E-state index in [9.17, 15) is 13.2 Å². The van der Waals surface area contributed by atoms with Gasteiger partial charge in [0.05, 0.1) is 29.0 Å². The molecule has 27 heavy (non-hydrogen) atoms. The van der Waals surface area contributed by atoms with Gasteiger partial charge in [-0.1, -0.05) is 18.2 Å². The quantitative estimate of drug-likeness (QED) is 0.763. The van der Waals surface area contributed by atoms with Gasteiger partial charge in [-0.15, -0.1) is 0 Å². The lowest BCUT2D eigenvalue weighted by Gasteiger charge is -2.34. The summed E-state index contributed by atoms with van der Waals surface area (Å²) in [6.07, 6.45) is -0.256. The third kappa shape index (κ3) is 4.55. The number of nitrogens with zero attached hydrogens (tertiary/aromatic N) is 2. The number of aromatic nitrogens is 1. The van der Waals surface area contributed by atoms with E-state index >= 15 is 0 Å². The fourth-order valence-electron chi connectivity index (χ4n) is 3.26. The summed E-state index contributed by atoms with van der Waals surface area (Å²) in [7, 11) is -3.42. The number of rotatable bonds is 6. The molecule has 0 aliphatic carbocycles. The van der Waals surface area contributed by atoms with Gasteiger partial charge in [-0.25, -0.2) is 13.4 Å². The van der Waals surface area contributed by atoms with Gasteiger partial charge in [-0.2, -0.15) is 4.31 Å². The summed E-state index contributed by atoms with van der Waals surface area (Å²) < 4.78 is 32.2. The van der Waals surface area contributed by atoms with Crippen LogP contribution < -0.4 is 11.1 Å². The summed E-state index contributed by atoms with van der Waals surface area (Å²) >= 11 is 0. The minimum atomic E-state index is -3.42. The Labute approximate surface area is 158 Å². The lowest BCUT2D eigenvalue weighted by molar-refractivity contribution is -0.0440. The van der Waals surface area contributed by atoms with Crippen LogP contribution in [0.1, 0.15) is 24.2 Å². The second-order valence-electron chi connectivity index (χ2n) is 6.75. The molecule has 1 amide bonds. The zero-order chi connectivity index (χ0) is 19.6. The number of carbonyl (C=O) groups excluding carboxylic acids is 1. The first-order valence-electron chi connectivity index (χ1n) is 8.83. The van der Waals surface area contributed by atoms with Gasteiger partial charge in [0.25, 0.3) is 0 Å². The molecular formula is C18H24N4O4S. The third-order valence-corrected chi connectivity index (χ3v) is 6.23. The number of primary amides is 1. The topological polar surface area (TPSA) is 115 Å². The molecule has 3 N–H and O–H groups in total. The lowest BCUT2D eigenvalue weighted by Crippen LogP contribution is -2.49. The molecule has 1 aliphatic rings. The number of benzene rings is 1. The molecule has 146 valence electrons. The molecule has 2 aromatic rings. The minimum Gasteiger partial charge on any atom is -0.373 e. The Hall–Kier alpha value is -2.23. The van der Waals surface area contributed by atoms with E-state index in [0.717, 1.165) is 0 Å². The van der Waals surface area contributed by atoms with Crippen molar-refractivity contribution in [3.8, 4) is 0 Å². The minimum absolute atomic E-state index is 0.0765. The molecule has 0 spiro atoms. The molecule has 0 saturated carbocycles. The zero-order valence-corrected chi connectivity index (χ0v) is 16.2. The van der Waals surface area contributed by atoms with Crippen LogP contribution in [0.25, 0.3) is 10.9 Å². The van der Waals surface area contributed by atoms with Gasteiger partial charge in [-0.05, 0) is 26.0 Å². The predicted octanol–water partition coefficient (Wildman–Crippen LogP) is 1.18. The first-order chi connectivity index (χ1) is 12.8. The summed E-state index contributed by atoms with van der Waals surface area (Å²) in [4.78, 5) is 16.1. The molecule has 1 fully saturated rings. The Morgan fingerprint density at radius 3 is 2.63 bits per heavy atom. The SMILES string of the molecule is CC1CN(S(=O)(=O)CCNc2cc(C(N)=O)c3ccccc3n2)CC(C)O1. The van der Waals surface area contributed by atoms with Gasteiger partial charge >= 0.3 is 0 Å². The molecule has 1 aromatic carbocycles. The van der Waals surface area contributed by atoms with E-state index in [1.807, 2.05) is 19.9 Å². The number of ether oxygens (including phenoxy) is 1.